The Hall–Kier alpha value is -1.48. The van der Waals surface area contributed by atoms with Crippen LogP contribution in [-0.4, -0.2) is 18.5 Å². The number of para-hydroxylation sites is 1. The van der Waals surface area contributed by atoms with Gasteiger partial charge < -0.3 is 14.6 Å². The van der Waals surface area contributed by atoms with Gasteiger partial charge in [0.15, 0.2) is 11.5 Å². The topological polar surface area (TPSA) is 38.7 Å². The quantitative estimate of drug-likeness (QED) is 0.806. The van der Waals surface area contributed by atoms with Crippen LogP contribution >= 0.6 is 0 Å². The van der Waals surface area contributed by atoms with Gasteiger partial charge in [-0.3, -0.25) is 0 Å². The zero-order valence-electron chi connectivity index (χ0n) is 8.86. The number of ether oxygens (including phenoxy) is 2. The highest BCUT2D eigenvalue weighted by Gasteiger charge is 2.21. The Morgan fingerprint density at radius 1 is 1.47 bits per heavy atom. The molecule has 3 nitrogen and oxygen atoms in total. The van der Waals surface area contributed by atoms with Gasteiger partial charge in [0.05, 0.1) is 7.11 Å². The third-order valence-electron chi connectivity index (χ3n) is 2.53. The minimum atomic E-state index is -0.848. The molecule has 1 atom stereocenters. The highest BCUT2D eigenvalue weighted by atomic mass is 16.6. The van der Waals surface area contributed by atoms with E-state index in [2.05, 4.69) is 0 Å². The largest absolute Gasteiger partial charge is 0.493 e. The Morgan fingerprint density at radius 2 is 2.27 bits per heavy atom. The van der Waals surface area contributed by atoms with E-state index >= 15 is 0 Å². The average Bonchev–Trinajstić information content (AvgIpc) is 2.27. The van der Waals surface area contributed by atoms with Gasteiger partial charge in [0.1, 0.15) is 0 Å². The fourth-order valence-electron chi connectivity index (χ4n) is 1.67. The molecule has 0 saturated heterocycles. The Kier molecular flexibility index (Phi) is 2.64. The number of fused-ring (bicyclic) bond motifs is 1. The summed E-state index contributed by atoms with van der Waals surface area (Å²) in [5, 5.41) is 9.69. The summed E-state index contributed by atoms with van der Waals surface area (Å²) in [5.41, 5.74) is 1.84. The van der Waals surface area contributed by atoms with Crippen LogP contribution in [0.5, 0.6) is 11.5 Å². The van der Waals surface area contributed by atoms with Gasteiger partial charge in [0, 0.05) is 5.56 Å². The second kappa shape index (κ2) is 3.95. The Labute approximate surface area is 88.9 Å². The lowest BCUT2D eigenvalue weighted by molar-refractivity contribution is 0.00886. The summed E-state index contributed by atoms with van der Waals surface area (Å²) in [4.78, 5) is 0. The monoisotopic (exact) mass is 206 g/mol. The minimum Gasteiger partial charge on any atom is -0.493 e. The van der Waals surface area contributed by atoms with Crippen LogP contribution in [0, 0.1) is 0 Å². The third-order valence-corrected chi connectivity index (χ3v) is 2.53. The van der Waals surface area contributed by atoms with Gasteiger partial charge in [-0.15, -0.1) is 0 Å². The first kappa shape index (κ1) is 10.1. The van der Waals surface area contributed by atoms with E-state index < -0.39 is 6.29 Å². The number of hydrogen-bond acceptors (Lipinski definition) is 3. The van der Waals surface area contributed by atoms with Gasteiger partial charge in [0.25, 0.3) is 0 Å². The molecule has 2 rings (SSSR count). The molecule has 0 aliphatic carbocycles. The van der Waals surface area contributed by atoms with Crippen molar-refractivity contribution in [3.8, 4) is 11.5 Å². The number of hydrogen-bond donors (Lipinski definition) is 1. The number of rotatable bonds is 2. The van der Waals surface area contributed by atoms with Crippen LogP contribution in [0.2, 0.25) is 0 Å². The molecule has 1 heterocycles. The van der Waals surface area contributed by atoms with E-state index in [4.69, 9.17) is 9.47 Å². The lowest BCUT2D eigenvalue weighted by Crippen LogP contribution is -2.21. The normalized spacial score (nSPS) is 18.9. The summed E-state index contributed by atoms with van der Waals surface area (Å²) in [7, 11) is 1.59. The van der Waals surface area contributed by atoms with Crippen LogP contribution in [0.25, 0.3) is 6.08 Å². The molecule has 1 aliphatic rings. The van der Waals surface area contributed by atoms with E-state index in [9.17, 15) is 5.11 Å². The van der Waals surface area contributed by atoms with Crippen molar-refractivity contribution >= 4 is 6.08 Å². The van der Waals surface area contributed by atoms with Crippen molar-refractivity contribution in [3.05, 3.63) is 29.3 Å². The van der Waals surface area contributed by atoms with Gasteiger partial charge in [0.2, 0.25) is 6.29 Å². The number of aliphatic hydroxyl groups excluding tert-OH is 1. The molecule has 1 aromatic carbocycles. The van der Waals surface area contributed by atoms with Gasteiger partial charge in [-0.25, -0.2) is 0 Å². The van der Waals surface area contributed by atoms with Crippen LogP contribution in [0.15, 0.2) is 23.8 Å². The highest BCUT2D eigenvalue weighted by molar-refractivity contribution is 5.66. The first-order valence-electron chi connectivity index (χ1n) is 4.98. The summed E-state index contributed by atoms with van der Waals surface area (Å²) in [6.07, 6.45) is 1.88. The van der Waals surface area contributed by atoms with Gasteiger partial charge in [-0.05, 0) is 24.1 Å². The molecule has 80 valence electrons. The fraction of sp³-hybridized carbons (Fsp3) is 0.333. The lowest BCUT2D eigenvalue weighted by Gasteiger charge is -2.23. The molecule has 1 aromatic rings. The van der Waals surface area contributed by atoms with E-state index in [-0.39, 0.29) is 0 Å². The van der Waals surface area contributed by atoms with Crippen molar-refractivity contribution in [1.82, 2.24) is 0 Å². The molecule has 0 radical (unpaired) electrons. The summed E-state index contributed by atoms with van der Waals surface area (Å²) in [6.45, 7) is 1.99. The predicted molar refractivity (Wildman–Crippen MR) is 57.9 cm³/mol. The molecule has 0 amide bonds. The molecule has 1 unspecified atom stereocenters. The van der Waals surface area contributed by atoms with Gasteiger partial charge >= 0.3 is 0 Å². The van der Waals surface area contributed by atoms with E-state index in [0.29, 0.717) is 11.5 Å². The predicted octanol–water partition coefficient (Wildman–Crippen LogP) is 2.20. The standard InChI is InChI=1S/C12H14O3/c1-3-8-7-9-5-4-6-10(14-2)11(9)15-12(8)13/h4-7,12-13H,3H2,1-2H3. The molecule has 0 spiro atoms. The van der Waals surface area contributed by atoms with Crippen molar-refractivity contribution in [2.75, 3.05) is 7.11 Å². The van der Waals surface area contributed by atoms with Crippen LogP contribution in [0.4, 0.5) is 0 Å². The maximum Gasteiger partial charge on any atom is 0.220 e. The zero-order valence-corrected chi connectivity index (χ0v) is 8.86. The van der Waals surface area contributed by atoms with Crippen LogP contribution in [0.1, 0.15) is 18.9 Å². The van der Waals surface area contributed by atoms with Gasteiger partial charge in [-0.2, -0.15) is 0 Å². The van der Waals surface area contributed by atoms with Crippen molar-refractivity contribution < 1.29 is 14.6 Å². The molecule has 0 saturated carbocycles. The summed E-state index contributed by atoms with van der Waals surface area (Å²) in [6, 6.07) is 5.66. The summed E-state index contributed by atoms with van der Waals surface area (Å²) < 4.78 is 10.6. The maximum atomic E-state index is 9.69. The second-order valence-electron chi connectivity index (χ2n) is 3.42. The SMILES string of the molecule is CCC1=Cc2cccc(OC)c2OC1O. The zero-order chi connectivity index (χ0) is 10.8. The average molecular weight is 206 g/mol. The highest BCUT2D eigenvalue weighted by Crippen LogP contribution is 2.37. The number of aliphatic hydroxyl groups is 1. The second-order valence-corrected chi connectivity index (χ2v) is 3.42. The first-order chi connectivity index (χ1) is 7.26. The molecule has 1 N–H and O–H groups in total. The molecule has 15 heavy (non-hydrogen) atoms. The molecule has 0 bridgehead atoms. The van der Waals surface area contributed by atoms with E-state index in [1.165, 1.54) is 0 Å². The summed E-state index contributed by atoms with van der Waals surface area (Å²) in [5.74, 6) is 1.27. The number of benzene rings is 1. The Bertz CT molecular complexity index is 396. The lowest BCUT2D eigenvalue weighted by atomic mass is 10.0. The van der Waals surface area contributed by atoms with Crippen molar-refractivity contribution in [1.29, 1.82) is 0 Å². The molecular formula is C12H14O3. The molecule has 3 heteroatoms. The third kappa shape index (κ3) is 1.70. The van der Waals surface area contributed by atoms with Crippen molar-refractivity contribution in [2.24, 2.45) is 0 Å². The molecule has 0 aromatic heterocycles. The maximum absolute atomic E-state index is 9.69. The van der Waals surface area contributed by atoms with Crippen LogP contribution in [0.3, 0.4) is 0 Å². The van der Waals surface area contributed by atoms with Crippen LogP contribution < -0.4 is 9.47 Å². The van der Waals surface area contributed by atoms with E-state index in [1.54, 1.807) is 7.11 Å². The summed E-state index contributed by atoms with van der Waals surface area (Å²) >= 11 is 0. The number of methoxy groups -OCH3 is 1. The van der Waals surface area contributed by atoms with E-state index in [1.807, 2.05) is 31.2 Å². The molecular weight excluding hydrogens is 192 g/mol. The Balaban J connectivity index is 2.49. The molecule has 0 fully saturated rings. The smallest absolute Gasteiger partial charge is 0.220 e. The molecule has 1 aliphatic heterocycles. The van der Waals surface area contributed by atoms with Crippen LogP contribution in [-0.2, 0) is 0 Å². The van der Waals surface area contributed by atoms with Crippen molar-refractivity contribution in [3.63, 3.8) is 0 Å². The first-order valence-corrected chi connectivity index (χ1v) is 4.98. The van der Waals surface area contributed by atoms with E-state index in [0.717, 1.165) is 17.6 Å². The minimum absolute atomic E-state index is 0.615. The Morgan fingerprint density at radius 3 is 2.93 bits per heavy atom. The fourth-order valence-corrected chi connectivity index (χ4v) is 1.67. The van der Waals surface area contributed by atoms with Gasteiger partial charge in [-0.1, -0.05) is 19.1 Å². The van der Waals surface area contributed by atoms with Crippen molar-refractivity contribution in [2.45, 2.75) is 19.6 Å².